The minimum Gasteiger partial charge on any atom is -0.478 e. The van der Waals surface area contributed by atoms with Crippen molar-refractivity contribution in [2.45, 2.75) is 6.42 Å². The van der Waals surface area contributed by atoms with Crippen molar-refractivity contribution in [2.75, 3.05) is 18.5 Å². The average Bonchev–Trinajstić information content (AvgIpc) is 2.88. The molecule has 0 bridgehead atoms. The minimum atomic E-state index is -0.898. The molecular formula is C14H14BrNO2S. The van der Waals surface area contributed by atoms with Crippen LogP contribution >= 0.6 is 27.3 Å². The molecule has 0 amide bonds. The van der Waals surface area contributed by atoms with E-state index in [1.165, 1.54) is 4.88 Å². The normalized spacial score (nSPS) is 10.4. The molecule has 0 saturated carbocycles. The fourth-order valence-electron chi connectivity index (χ4n) is 1.85. The Kier molecular flexibility index (Phi) is 4.61. The van der Waals surface area contributed by atoms with Gasteiger partial charge < -0.3 is 10.0 Å². The number of halogens is 1. The van der Waals surface area contributed by atoms with Crippen molar-refractivity contribution in [3.63, 3.8) is 0 Å². The molecule has 0 unspecified atom stereocenters. The fourth-order valence-corrected chi connectivity index (χ4v) is 2.90. The third kappa shape index (κ3) is 3.58. The first-order chi connectivity index (χ1) is 9.08. The van der Waals surface area contributed by atoms with Crippen LogP contribution in [0.25, 0.3) is 0 Å². The summed E-state index contributed by atoms with van der Waals surface area (Å²) in [6.07, 6.45) is 0.916. The predicted molar refractivity (Wildman–Crippen MR) is 82.4 cm³/mol. The number of aromatic carboxylic acids is 1. The van der Waals surface area contributed by atoms with E-state index in [-0.39, 0.29) is 0 Å². The van der Waals surface area contributed by atoms with Gasteiger partial charge in [0.25, 0.3) is 0 Å². The van der Waals surface area contributed by atoms with E-state index in [4.69, 9.17) is 0 Å². The van der Waals surface area contributed by atoms with E-state index >= 15 is 0 Å². The van der Waals surface area contributed by atoms with Crippen molar-refractivity contribution in [1.82, 2.24) is 0 Å². The summed E-state index contributed by atoms with van der Waals surface area (Å²) in [6.45, 7) is 0.789. The minimum absolute atomic E-state index is 0.330. The zero-order chi connectivity index (χ0) is 13.8. The van der Waals surface area contributed by atoms with Crippen LogP contribution in [0, 0.1) is 0 Å². The van der Waals surface area contributed by atoms with Crippen LogP contribution in [0.15, 0.2) is 40.2 Å². The Morgan fingerprint density at radius 2 is 2.21 bits per heavy atom. The van der Waals surface area contributed by atoms with Crippen molar-refractivity contribution in [2.24, 2.45) is 0 Å². The second-order valence-electron chi connectivity index (χ2n) is 4.22. The molecule has 0 saturated heterocycles. The van der Waals surface area contributed by atoms with Gasteiger partial charge in [-0.2, -0.15) is 0 Å². The SMILES string of the molecule is CN(CCc1cccs1)c1cc(Br)ccc1C(=O)O. The summed E-state index contributed by atoms with van der Waals surface area (Å²) in [4.78, 5) is 14.5. The number of anilines is 1. The molecule has 19 heavy (non-hydrogen) atoms. The van der Waals surface area contributed by atoms with E-state index in [1.807, 2.05) is 24.1 Å². The smallest absolute Gasteiger partial charge is 0.337 e. The summed E-state index contributed by atoms with van der Waals surface area (Å²) in [5.74, 6) is -0.898. The van der Waals surface area contributed by atoms with Crippen molar-refractivity contribution in [3.05, 3.63) is 50.6 Å². The van der Waals surface area contributed by atoms with Crippen LogP contribution in [0.2, 0.25) is 0 Å². The van der Waals surface area contributed by atoms with Crippen LogP contribution < -0.4 is 4.90 Å². The number of hydrogen-bond acceptors (Lipinski definition) is 3. The van der Waals surface area contributed by atoms with E-state index in [1.54, 1.807) is 23.5 Å². The summed E-state index contributed by atoms with van der Waals surface area (Å²) in [7, 11) is 1.92. The lowest BCUT2D eigenvalue weighted by Crippen LogP contribution is -2.22. The molecule has 0 atom stereocenters. The van der Waals surface area contributed by atoms with Crippen molar-refractivity contribution >= 4 is 38.9 Å². The maximum Gasteiger partial charge on any atom is 0.337 e. The molecular weight excluding hydrogens is 326 g/mol. The molecule has 0 fully saturated rings. The molecule has 0 spiro atoms. The summed E-state index contributed by atoms with van der Waals surface area (Å²) < 4.78 is 0.885. The monoisotopic (exact) mass is 339 g/mol. The Labute approximate surface area is 124 Å². The van der Waals surface area contributed by atoms with E-state index < -0.39 is 5.97 Å². The molecule has 1 aromatic carbocycles. The Bertz CT molecular complexity index is 569. The highest BCUT2D eigenvalue weighted by atomic mass is 79.9. The first kappa shape index (κ1) is 14.1. The molecule has 1 aromatic heterocycles. The Morgan fingerprint density at radius 3 is 2.84 bits per heavy atom. The quantitative estimate of drug-likeness (QED) is 0.898. The lowest BCUT2D eigenvalue weighted by Gasteiger charge is -2.21. The molecule has 0 aliphatic carbocycles. The number of benzene rings is 1. The Hall–Kier alpha value is -1.33. The molecule has 0 radical (unpaired) electrons. The maximum atomic E-state index is 11.2. The molecule has 0 aliphatic heterocycles. The molecule has 1 heterocycles. The largest absolute Gasteiger partial charge is 0.478 e. The lowest BCUT2D eigenvalue weighted by molar-refractivity contribution is 0.0697. The molecule has 2 aromatic rings. The third-order valence-corrected chi connectivity index (χ3v) is 4.30. The van der Waals surface area contributed by atoms with Gasteiger partial charge >= 0.3 is 5.97 Å². The zero-order valence-electron chi connectivity index (χ0n) is 10.5. The number of thiophene rings is 1. The third-order valence-electron chi connectivity index (χ3n) is 2.88. The number of carboxylic acids is 1. The second-order valence-corrected chi connectivity index (χ2v) is 6.17. The number of carbonyl (C=O) groups is 1. The van der Waals surface area contributed by atoms with Gasteiger partial charge in [0.2, 0.25) is 0 Å². The van der Waals surface area contributed by atoms with Crippen molar-refractivity contribution in [3.8, 4) is 0 Å². The number of carboxylic acid groups (broad SMARTS) is 1. The number of nitrogens with zero attached hydrogens (tertiary/aromatic N) is 1. The van der Waals surface area contributed by atoms with E-state index in [9.17, 15) is 9.90 Å². The standard InChI is InChI=1S/C14H14BrNO2S/c1-16(7-6-11-3-2-8-19-11)13-9-10(15)4-5-12(13)14(17)18/h2-5,8-9H,6-7H2,1H3,(H,17,18). The second kappa shape index (κ2) is 6.21. The lowest BCUT2D eigenvalue weighted by atomic mass is 10.1. The van der Waals surface area contributed by atoms with Crippen LogP contribution in [-0.2, 0) is 6.42 Å². The maximum absolute atomic E-state index is 11.2. The summed E-state index contributed by atoms with van der Waals surface area (Å²) in [5.41, 5.74) is 1.07. The molecule has 1 N–H and O–H groups in total. The van der Waals surface area contributed by atoms with Crippen LogP contribution in [-0.4, -0.2) is 24.7 Å². The van der Waals surface area contributed by atoms with Gasteiger partial charge in [-0.15, -0.1) is 11.3 Å². The van der Waals surface area contributed by atoms with Gasteiger partial charge in [-0.25, -0.2) is 4.79 Å². The summed E-state index contributed by atoms with van der Waals surface area (Å²) in [5, 5.41) is 11.3. The highest BCUT2D eigenvalue weighted by molar-refractivity contribution is 9.10. The summed E-state index contributed by atoms with van der Waals surface area (Å²) in [6, 6.07) is 9.35. The first-order valence-corrected chi connectivity index (χ1v) is 7.51. The molecule has 5 heteroatoms. The zero-order valence-corrected chi connectivity index (χ0v) is 12.9. The molecule has 0 aliphatic rings. The Morgan fingerprint density at radius 1 is 1.42 bits per heavy atom. The topological polar surface area (TPSA) is 40.5 Å². The van der Waals surface area contributed by atoms with Gasteiger partial charge in [0.15, 0.2) is 0 Å². The van der Waals surface area contributed by atoms with Crippen LogP contribution in [0.4, 0.5) is 5.69 Å². The average molecular weight is 340 g/mol. The first-order valence-electron chi connectivity index (χ1n) is 5.84. The van der Waals surface area contributed by atoms with Gasteiger partial charge in [-0.05, 0) is 36.1 Å². The van der Waals surface area contributed by atoms with Crippen LogP contribution in [0.1, 0.15) is 15.2 Å². The van der Waals surface area contributed by atoms with Gasteiger partial charge in [-0.3, -0.25) is 0 Å². The fraction of sp³-hybridized carbons (Fsp3) is 0.214. The van der Waals surface area contributed by atoms with Crippen molar-refractivity contribution < 1.29 is 9.90 Å². The molecule has 100 valence electrons. The highest BCUT2D eigenvalue weighted by Gasteiger charge is 2.13. The van der Waals surface area contributed by atoms with Crippen LogP contribution in [0.3, 0.4) is 0 Å². The van der Waals surface area contributed by atoms with Gasteiger partial charge in [-0.1, -0.05) is 22.0 Å². The van der Waals surface area contributed by atoms with Crippen molar-refractivity contribution in [1.29, 1.82) is 0 Å². The summed E-state index contributed by atoms with van der Waals surface area (Å²) >= 11 is 5.11. The Balaban J connectivity index is 2.15. The van der Waals surface area contributed by atoms with Gasteiger partial charge in [0.1, 0.15) is 0 Å². The number of likely N-dealkylation sites (N-methyl/N-ethyl adjacent to an activating group) is 1. The van der Waals surface area contributed by atoms with Gasteiger partial charge in [0, 0.05) is 22.9 Å². The van der Waals surface area contributed by atoms with E-state index in [0.29, 0.717) is 5.56 Å². The number of rotatable bonds is 5. The predicted octanol–water partition coefficient (Wildman–Crippen LogP) is 3.89. The highest BCUT2D eigenvalue weighted by Crippen LogP contribution is 2.25. The van der Waals surface area contributed by atoms with E-state index in [2.05, 4.69) is 27.4 Å². The van der Waals surface area contributed by atoms with Crippen LogP contribution in [0.5, 0.6) is 0 Å². The molecule has 3 nitrogen and oxygen atoms in total. The molecule has 2 rings (SSSR count). The van der Waals surface area contributed by atoms with Gasteiger partial charge in [0.05, 0.1) is 11.3 Å². The number of hydrogen-bond donors (Lipinski definition) is 1. The van der Waals surface area contributed by atoms with E-state index in [0.717, 1.165) is 23.1 Å².